The maximum Gasteiger partial charge on any atom is 0.0782 e. The molecule has 4 aromatic heterocycles. The van der Waals surface area contributed by atoms with E-state index in [1.807, 2.05) is 0 Å². The zero-order valence-electron chi connectivity index (χ0n) is 61.6. The lowest BCUT2D eigenvalue weighted by Gasteiger charge is -2.29. The molecule has 0 bridgehead atoms. The van der Waals surface area contributed by atoms with Gasteiger partial charge in [-0.25, -0.2) is 0 Å². The third-order valence-electron chi connectivity index (χ3n) is 21.8. The molecule has 0 atom stereocenters. The number of fused-ring (bicyclic) bond motifs is 15. The van der Waals surface area contributed by atoms with Gasteiger partial charge in [0.15, 0.2) is 0 Å². The van der Waals surface area contributed by atoms with Gasteiger partial charge in [0.05, 0.1) is 55.5 Å². The molecular weight excluding hydrogens is 1260 g/mol. The summed E-state index contributed by atoms with van der Waals surface area (Å²) in [4.78, 5) is 4.98. The minimum Gasteiger partial charge on any atom is -0.309 e. The first-order chi connectivity index (χ1) is 50.2. The van der Waals surface area contributed by atoms with Crippen LogP contribution in [0.3, 0.4) is 0 Å². The normalized spacial score (nSPS) is 12.6. The van der Waals surface area contributed by atoms with E-state index in [9.17, 15) is 0 Å². The Bertz CT molecular complexity index is 5970. The van der Waals surface area contributed by atoms with Crippen molar-refractivity contribution in [1.29, 1.82) is 0 Å². The summed E-state index contributed by atoms with van der Waals surface area (Å²) >= 11 is 0. The first kappa shape index (κ1) is 64.3. The lowest BCUT2D eigenvalue weighted by Crippen LogP contribution is -2.17. The van der Waals surface area contributed by atoms with Gasteiger partial charge in [0.25, 0.3) is 0 Å². The Hall–Kier alpha value is -11.9. The lowest BCUT2D eigenvalue weighted by atomic mass is 9.80. The van der Waals surface area contributed by atoms with Gasteiger partial charge in [-0.2, -0.15) is 0 Å². The highest BCUT2D eigenvalue weighted by Crippen LogP contribution is 2.51. The zero-order valence-corrected chi connectivity index (χ0v) is 61.6. The van der Waals surface area contributed by atoms with Crippen LogP contribution >= 0.6 is 0 Å². The summed E-state index contributed by atoms with van der Waals surface area (Å²) in [6, 6.07) is 114. The molecule has 508 valence electrons. The van der Waals surface area contributed by atoms with Crippen molar-refractivity contribution in [2.75, 3.05) is 9.80 Å². The number of nitrogens with zero attached hydrogens (tertiary/aromatic N) is 6. The van der Waals surface area contributed by atoms with E-state index in [1.54, 1.807) is 0 Å². The topological polar surface area (TPSA) is 26.2 Å². The Morgan fingerprint density at radius 1 is 0.192 bits per heavy atom. The molecule has 6 nitrogen and oxygen atoms in total. The lowest BCUT2D eigenvalue weighted by molar-refractivity contribution is 0.567. The number of aromatic nitrogens is 4. The molecule has 6 heteroatoms. The monoisotopic (exact) mass is 1350 g/mol. The largest absolute Gasteiger partial charge is 0.309 e. The molecule has 0 fully saturated rings. The average molecular weight is 1350 g/mol. The summed E-state index contributed by atoms with van der Waals surface area (Å²) in [6.07, 6.45) is 0. The number of benzene rings is 14. The van der Waals surface area contributed by atoms with Crippen molar-refractivity contribution in [3.05, 3.63) is 326 Å². The van der Waals surface area contributed by atoms with Crippen LogP contribution < -0.4 is 9.80 Å². The molecule has 0 aliphatic rings. The molecule has 18 aromatic rings. The number of hydrogen-bond acceptors (Lipinski definition) is 2. The van der Waals surface area contributed by atoms with Gasteiger partial charge >= 0.3 is 0 Å². The summed E-state index contributed by atoms with van der Waals surface area (Å²) in [6.45, 7) is 28.0. The van der Waals surface area contributed by atoms with Gasteiger partial charge in [0.1, 0.15) is 0 Å². The summed E-state index contributed by atoms with van der Waals surface area (Å²) < 4.78 is 10.1. The average Bonchev–Trinajstić information content (AvgIpc) is 1.45. The highest BCUT2D eigenvalue weighted by molar-refractivity contribution is 6.27. The number of para-hydroxylation sites is 8. The van der Waals surface area contributed by atoms with Gasteiger partial charge < -0.3 is 28.1 Å². The summed E-state index contributed by atoms with van der Waals surface area (Å²) in [5, 5.41) is 12.0. The van der Waals surface area contributed by atoms with Crippen LogP contribution in [0.2, 0.25) is 0 Å². The number of hydrogen-bond donors (Lipinski definition) is 0. The molecule has 104 heavy (non-hydrogen) atoms. The highest BCUT2D eigenvalue weighted by Gasteiger charge is 2.30. The van der Waals surface area contributed by atoms with E-state index in [0.717, 1.165) is 90.0 Å². The van der Waals surface area contributed by atoms with E-state index >= 15 is 0 Å². The van der Waals surface area contributed by atoms with Crippen molar-refractivity contribution in [3.8, 4) is 22.7 Å². The van der Waals surface area contributed by atoms with Crippen molar-refractivity contribution in [2.45, 2.75) is 105 Å². The Kier molecular flexibility index (Phi) is 14.7. The molecule has 0 spiro atoms. The molecule has 18 rings (SSSR count). The van der Waals surface area contributed by atoms with Gasteiger partial charge in [-0.15, -0.1) is 0 Å². The smallest absolute Gasteiger partial charge is 0.0782 e. The second-order valence-corrected chi connectivity index (χ2v) is 32.7. The zero-order chi connectivity index (χ0) is 71.3. The second kappa shape index (κ2) is 23.9. The van der Waals surface area contributed by atoms with Crippen LogP contribution in [0.5, 0.6) is 0 Å². The first-order valence-electron chi connectivity index (χ1n) is 36.8. The van der Waals surface area contributed by atoms with Crippen LogP contribution in [-0.4, -0.2) is 18.3 Å². The van der Waals surface area contributed by atoms with E-state index in [2.05, 4.69) is 414 Å². The van der Waals surface area contributed by atoms with Crippen molar-refractivity contribution in [2.24, 2.45) is 0 Å². The van der Waals surface area contributed by atoms with Crippen molar-refractivity contribution >= 4 is 132 Å². The van der Waals surface area contributed by atoms with Gasteiger partial charge in [-0.3, -0.25) is 0 Å². The van der Waals surface area contributed by atoms with Crippen molar-refractivity contribution < 1.29 is 0 Å². The van der Waals surface area contributed by atoms with Crippen molar-refractivity contribution in [3.63, 3.8) is 0 Å². The van der Waals surface area contributed by atoms with E-state index < -0.39 is 0 Å². The fourth-order valence-electron chi connectivity index (χ4n) is 16.5. The standard InChI is InChI=1S/C98H86N6/c1-95(2,3)63-55-64(96(4,5)6)58-73(57-63)103-85-43-27-25-39-75(85)79-41-29-45-87(93(79)103)99(67-31-17-13-18-32-67)71-47-49-77-81-51-53-84-83(91(81)101(89(77)61-71)69-35-21-15-22-36-69)54-52-82-78-50-48-72(62-90(78)102(92(82)84)70-37-23-16-24-38-70)100(68-33-19-14-20-34-68)88-46-30-42-80-76-40-26-28-44-86(76)104(94(80)88)74-59-65(97(7,8)9)56-66(60-74)98(10,11)12/h13-62H,1-12H3. The van der Waals surface area contributed by atoms with Gasteiger partial charge in [0.2, 0.25) is 0 Å². The summed E-state index contributed by atoms with van der Waals surface area (Å²) in [7, 11) is 0. The van der Waals surface area contributed by atoms with E-state index in [0.29, 0.717) is 0 Å². The molecule has 4 heterocycles. The van der Waals surface area contributed by atoms with Gasteiger partial charge in [-0.05, 0) is 165 Å². The van der Waals surface area contributed by atoms with Gasteiger partial charge in [-0.1, -0.05) is 265 Å². The quantitative estimate of drug-likeness (QED) is 0.136. The maximum absolute atomic E-state index is 2.54. The molecule has 14 aromatic carbocycles. The minimum atomic E-state index is -0.0756. The van der Waals surface area contributed by atoms with Crippen LogP contribution in [0.4, 0.5) is 34.1 Å². The fourth-order valence-corrected chi connectivity index (χ4v) is 16.5. The Morgan fingerprint density at radius 2 is 0.462 bits per heavy atom. The number of anilines is 6. The Morgan fingerprint density at radius 3 is 0.808 bits per heavy atom. The van der Waals surface area contributed by atoms with E-state index in [4.69, 9.17) is 0 Å². The number of rotatable bonds is 10. The maximum atomic E-state index is 2.54. The molecule has 0 N–H and O–H groups in total. The molecule has 0 radical (unpaired) electrons. The SMILES string of the molecule is CC(C)(C)c1cc(-n2c3ccccc3c3cccc(N(c4ccccc4)c4ccc5c6ccc7c(ccc8c9ccc(N(c%10ccccc%10)c%10cccc%11c%12ccccc%12n(-c%12cc(C(C)(C)C)cc(C(C)(C)C)c%12)c%10%11)cc9n(-c9ccccc9)c87)c6n(-c6ccccc6)c5c4)c32)cc(C(C)(C)C)c1. The molecule has 0 amide bonds. The van der Waals surface area contributed by atoms with Crippen LogP contribution in [-0.2, 0) is 21.7 Å². The molecule has 0 saturated heterocycles. The highest BCUT2D eigenvalue weighted by atomic mass is 15.2. The summed E-state index contributed by atoms with van der Waals surface area (Å²) in [5.74, 6) is 0. The van der Waals surface area contributed by atoms with Gasteiger partial charge in [0, 0.05) is 99.4 Å². The first-order valence-corrected chi connectivity index (χ1v) is 36.8. The van der Waals surface area contributed by atoms with Crippen molar-refractivity contribution in [1.82, 2.24) is 18.3 Å². The van der Waals surface area contributed by atoms with E-state index in [1.165, 1.54) is 87.1 Å². The molecular formula is C98H86N6. The van der Waals surface area contributed by atoms with E-state index in [-0.39, 0.29) is 21.7 Å². The predicted octanol–water partition coefficient (Wildman–Crippen LogP) is 27.4. The third kappa shape index (κ3) is 10.4. The molecule has 0 saturated carbocycles. The molecule has 0 unspecified atom stereocenters. The summed E-state index contributed by atoms with van der Waals surface area (Å²) in [5.41, 5.74) is 25.2. The Labute approximate surface area is 609 Å². The van der Waals surface area contributed by atoms with Crippen LogP contribution in [0, 0.1) is 0 Å². The van der Waals surface area contributed by atoms with Crippen LogP contribution in [0.15, 0.2) is 303 Å². The molecule has 0 aliphatic carbocycles. The van der Waals surface area contributed by atoms with Crippen LogP contribution in [0.1, 0.15) is 105 Å². The molecule has 0 aliphatic heterocycles. The third-order valence-corrected chi connectivity index (χ3v) is 21.8. The fraction of sp³-hybridized carbons (Fsp3) is 0.163. The Balaban J connectivity index is 0.873. The second-order valence-electron chi connectivity index (χ2n) is 32.7. The predicted molar refractivity (Wildman–Crippen MR) is 445 cm³/mol. The van der Waals surface area contributed by atoms with Crippen LogP contribution in [0.25, 0.3) is 121 Å². The minimum absolute atomic E-state index is 0.0756.